The van der Waals surface area contributed by atoms with Gasteiger partial charge in [0.05, 0.1) is 5.75 Å². The van der Waals surface area contributed by atoms with Crippen molar-refractivity contribution in [2.45, 2.75) is 32.0 Å². The van der Waals surface area contributed by atoms with E-state index in [0.29, 0.717) is 18.7 Å². The normalized spacial score (nSPS) is 10.6. The van der Waals surface area contributed by atoms with E-state index in [0.717, 1.165) is 24.1 Å². The molecule has 0 aliphatic rings. The van der Waals surface area contributed by atoms with Gasteiger partial charge in [-0.15, -0.1) is 16.8 Å². The lowest BCUT2D eigenvalue weighted by atomic mass is 10.1. The average molecular weight is 344 g/mol. The van der Waals surface area contributed by atoms with Crippen molar-refractivity contribution in [1.82, 2.24) is 19.7 Å². The van der Waals surface area contributed by atoms with Crippen molar-refractivity contribution in [3.05, 3.63) is 54.4 Å². The maximum absolute atomic E-state index is 12.2. The second kappa shape index (κ2) is 9.27. The first-order chi connectivity index (χ1) is 11.7. The van der Waals surface area contributed by atoms with E-state index < -0.39 is 0 Å². The Hall–Kier alpha value is -2.08. The molecule has 24 heavy (non-hydrogen) atoms. The Morgan fingerprint density at radius 3 is 2.58 bits per heavy atom. The molecule has 5 nitrogen and oxygen atoms in total. The van der Waals surface area contributed by atoms with Crippen molar-refractivity contribution in [2.24, 2.45) is 0 Å². The lowest BCUT2D eigenvalue weighted by molar-refractivity contribution is -0.127. The van der Waals surface area contributed by atoms with Crippen molar-refractivity contribution < 1.29 is 4.79 Å². The fourth-order valence-electron chi connectivity index (χ4n) is 2.44. The second-order valence-corrected chi connectivity index (χ2v) is 6.26. The minimum atomic E-state index is 0.128. The van der Waals surface area contributed by atoms with Crippen LogP contribution in [0.25, 0.3) is 0 Å². The maximum atomic E-state index is 12.2. The first-order valence-electron chi connectivity index (χ1n) is 8.17. The van der Waals surface area contributed by atoms with Crippen LogP contribution in [0.5, 0.6) is 0 Å². The predicted octanol–water partition coefficient (Wildman–Crippen LogP) is 3.02. The predicted molar refractivity (Wildman–Crippen MR) is 98.1 cm³/mol. The van der Waals surface area contributed by atoms with Crippen LogP contribution in [0.4, 0.5) is 0 Å². The molecule has 0 unspecified atom stereocenters. The Balaban J connectivity index is 2.10. The fourth-order valence-corrected chi connectivity index (χ4v) is 3.31. The topological polar surface area (TPSA) is 51.0 Å². The van der Waals surface area contributed by atoms with Crippen LogP contribution in [0.1, 0.15) is 25.2 Å². The molecule has 1 heterocycles. The molecular weight excluding hydrogens is 320 g/mol. The third kappa shape index (κ3) is 4.71. The highest BCUT2D eigenvalue weighted by atomic mass is 32.2. The van der Waals surface area contributed by atoms with Gasteiger partial charge in [0.25, 0.3) is 0 Å². The molecule has 128 valence electrons. The number of thioether (sulfide) groups is 1. The molecule has 1 aromatic carbocycles. The van der Waals surface area contributed by atoms with Crippen LogP contribution in [0.2, 0.25) is 0 Å². The standard InChI is InChI=1S/C18H24N4OS/c1-4-12-22-16(13-15-10-8-7-9-11-15)19-20-18(22)24-14-17(23)21(5-2)6-3/h4,7-11H,1,5-6,12-14H2,2-3H3. The zero-order chi connectivity index (χ0) is 17.4. The molecule has 0 saturated carbocycles. The Morgan fingerprint density at radius 1 is 1.25 bits per heavy atom. The third-order valence-electron chi connectivity index (χ3n) is 3.75. The Bertz CT molecular complexity index is 665. The van der Waals surface area contributed by atoms with Crippen LogP contribution in [0.15, 0.2) is 48.1 Å². The summed E-state index contributed by atoms with van der Waals surface area (Å²) in [6.45, 7) is 9.89. The Kier molecular flexibility index (Phi) is 7.06. The summed E-state index contributed by atoms with van der Waals surface area (Å²) in [4.78, 5) is 14.0. The van der Waals surface area contributed by atoms with Gasteiger partial charge in [0.1, 0.15) is 5.82 Å². The van der Waals surface area contributed by atoms with E-state index in [-0.39, 0.29) is 5.91 Å². The quantitative estimate of drug-likeness (QED) is 0.518. The second-order valence-electron chi connectivity index (χ2n) is 5.32. The summed E-state index contributed by atoms with van der Waals surface area (Å²) in [6, 6.07) is 10.2. The van der Waals surface area contributed by atoms with Gasteiger partial charge in [0.15, 0.2) is 5.16 Å². The minimum absolute atomic E-state index is 0.128. The van der Waals surface area contributed by atoms with Crippen LogP contribution in [0.3, 0.4) is 0 Å². The summed E-state index contributed by atoms with van der Waals surface area (Å²) < 4.78 is 2.03. The number of nitrogens with zero attached hydrogens (tertiary/aromatic N) is 4. The van der Waals surface area contributed by atoms with Gasteiger partial charge in [0, 0.05) is 26.1 Å². The van der Waals surface area contributed by atoms with E-state index >= 15 is 0 Å². The van der Waals surface area contributed by atoms with Gasteiger partial charge in [0.2, 0.25) is 5.91 Å². The van der Waals surface area contributed by atoms with Gasteiger partial charge < -0.3 is 9.47 Å². The van der Waals surface area contributed by atoms with E-state index in [1.54, 1.807) is 0 Å². The van der Waals surface area contributed by atoms with Crippen molar-refractivity contribution in [3.8, 4) is 0 Å². The number of hydrogen-bond donors (Lipinski definition) is 0. The summed E-state index contributed by atoms with van der Waals surface area (Å²) in [7, 11) is 0. The number of carbonyl (C=O) groups is 1. The highest BCUT2D eigenvalue weighted by Crippen LogP contribution is 2.19. The van der Waals surface area contributed by atoms with E-state index in [4.69, 9.17) is 0 Å². The average Bonchev–Trinajstić information content (AvgIpc) is 2.97. The highest BCUT2D eigenvalue weighted by Gasteiger charge is 2.15. The number of aromatic nitrogens is 3. The molecule has 0 N–H and O–H groups in total. The zero-order valence-electron chi connectivity index (χ0n) is 14.3. The monoisotopic (exact) mass is 344 g/mol. The number of hydrogen-bond acceptors (Lipinski definition) is 4. The number of carbonyl (C=O) groups excluding carboxylic acids is 1. The highest BCUT2D eigenvalue weighted by molar-refractivity contribution is 7.99. The molecule has 0 fully saturated rings. The SMILES string of the molecule is C=CCn1c(Cc2ccccc2)nnc1SCC(=O)N(CC)CC. The molecule has 0 saturated heterocycles. The van der Waals surface area contributed by atoms with Crippen LogP contribution in [-0.4, -0.2) is 44.4 Å². The van der Waals surface area contributed by atoms with Crippen LogP contribution >= 0.6 is 11.8 Å². The summed E-state index contributed by atoms with van der Waals surface area (Å²) in [6.07, 6.45) is 2.54. The molecule has 0 aliphatic heterocycles. The van der Waals surface area contributed by atoms with Gasteiger partial charge in [-0.2, -0.15) is 0 Å². The smallest absolute Gasteiger partial charge is 0.233 e. The maximum Gasteiger partial charge on any atom is 0.233 e. The molecule has 1 amide bonds. The van der Waals surface area contributed by atoms with Gasteiger partial charge in [-0.1, -0.05) is 48.2 Å². The molecule has 2 aromatic rings. The lowest BCUT2D eigenvalue weighted by Crippen LogP contribution is -2.31. The summed E-state index contributed by atoms with van der Waals surface area (Å²) >= 11 is 1.44. The molecule has 0 bridgehead atoms. The number of rotatable bonds is 9. The van der Waals surface area contributed by atoms with Crippen LogP contribution < -0.4 is 0 Å². The molecule has 6 heteroatoms. The summed E-state index contributed by atoms with van der Waals surface area (Å²) in [5.74, 6) is 1.39. The van der Waals surface area contributed by atoms with Crippen molar-refractivity contribution in [1.29, 1.82) is 0 Å². The molecule has 2 rings (SSSR count). The number of allylic oxidation sites excluding steroid dienone is 1. The zero-order valence-corrected chi connectivity index (χ0v) is 15.1. The number of amides is 1. The molecule has 0 radical (unpaired) electrons. The van der Waals surface area contributed by atoms with E-state index in [9.17, 15) is 4.79 Å². The van der Waals surface area contributed by atoms with Crippen molar-refractivity contribution in [3.63, 3.8) is 0 Å². The lowest BCUT2D eigenvalue weighted by Gasteiger charge is -2.18. The van der Waals surface area contributed by atoms with Gasteiger partial charge >= 0.3 is 0 Å². The molecule has 1 aromatic heterocycles. The fraction of sp³-hybridized carbons (Fsp3) is 0.389. The summed E-state index contributed by atoms with van der Waals surface area (Å²) in [5, 5.41) is 9.35. The molecule has 0 aliphatic carbocycles. The third-order valence-corrected chi connectivity index (χ3v) is 4.70. The minimum Gasteiger partial charge on any atom is -0.343 e. The van der Waals surface area contributed by atoms with E-state index in [2.05, 4.69) is 28.9 Å². The number of benzene rings is 1. The van der Waals surface area contributed by atoms with Gasteiger partial charge in [-0.05, 0) is 19.4 Å². The van der Waals surface area contributed by atoms with Crippen molar-refractivity contribution >= 4 is 17.7 Å². The van der Waals surface area contributed by atoms with Crippen LogP contribution in [-0.2, 0) is 17.8 Å². The Morgan fingerprint density at radius 2 is 1.96 bits per heavy atom. The molecule has 0 spiro atoms. The van der Waals surface area contributed by atoms with Gasteiger partial charge in [-0.25, -0.2) is 0 Å². The molecule has 0 atom stereocenters. The summed E-state index contributed by atoms with van der Waals surface area (Å²) in [5.41, 5.74) is 1.19. The van der Waals surface area contributed by atoms with Gasteiger partial charge in [-0.3, -0.25) is 4.79 Å². The van der Waals surface area contributed by atoms with Crippen molar-refractivity contribution in [2.75, 3.05) is 18.8 Å². The Labute approximate surface area is 147 Å². The van der Waals surface area contributed by atoms with E-state index in [1.165, 1.54) is 17.3 Å². The largest absolute Gasteiger partial charge is 0.343 e. The van der Waals surface area contributed by atoms with E-state index in [1.807, 2.05) is 47.6 Å². The first-order valence-corrected chi connectivity index (χ1v) is 9.15. The first kappa shape index (κ1) is 18.3. The molecular formula is C18H24N4OS. The van der Waals surface area contributed by atoms with Crippen LogP contribution in [0, 0.1) is 0 Å².